The van der Waals surface area contributed by atoms with E-state index in [4.69, 9.17) is 14.0 Å². The van der Waals surface area contributed by atoms with Gasteiger partial charge in [0.1, 0.15) is 17.5 Å². The lowest BCUT2D eigenvalue weighted by Crippen LogP contribution is -2.37. The molecule has 3 heterocycles. The van der Waals surface area contributed by atoms with Crippen LogP contribution in [-0.4, -0.2) is 45.6 Å². The third-order valence-corrected chi connectivity index (χ3v) is 4.84. The summed E-state index contributed by atoms with van der Waals surface area (Å²) in [7, 11) is 0. The number of aromatic nitrogens is 3. The molecule has 1 saturated heterocycles. The van der Waals surface area contributed by atoms with Gasteiger partial charge < -0.3 is 24.6 Å². The summed E-state index contributed by atoms with van der Waals surface area (Å²) < 4.78 is 16.1. The quantitative estimate of drug-likeness (QED) is 0.688. The van der Waals surface area contributed by atoms with E-state index in [1.54, 1.807) is 19.1 Å². The third kappa shape index (κ3) is 4.50. The first kappa shape index (κ1) is 18.5. The molecule has 2 aromatic heterocycles. The molecule has 1 aliphatic heterocycles. The molecular weight excluding hydrogens is 366 g/mol. The van der Waals surface area contributed by atoms with Gasteiger partial charge in [-0.3, -0.25) is 9.89 Å². The molecule has 10 heteroatoms. The van der Waals surface area contributed by atoms with Gasteiger partial charge in [-0.05, 0) is 26.7 Å². The van der Waals surface area contributed by atoms with Gasteiger partial charge >= 0.3 is 6.09 Å². The zero-order valence-electron chi connectivity index (χ0n) is 15.8. The van der Waals surface area contributed by atoms with Crippen LogP contribution in [0, 0.1) is 6.92 Å². The average molecular weight is 389 g/mol. The van der Waals surface area contributed by atoms with Crippen molar-refractivity contribution in [1.82, 2.24) is 20.7 Å². The maximum atomic E-state index is 12.1. The first-order valence-corrected chi connectivity index (χ1v) is 9.27. The van der Waals surface area contributed by atoms with Crippen LogP contribution in [-0.2, 0) is 20.7 Å². The van der Waals surface area contributed by atoms with E-state index in [9.17, 15) is 9.59 Å². The highest BCUT2D eigenvalue weighted by Crippen LogP contribution is 2.38. The number of amides is 2. The van der Waals surface area contributed by atoms with Crippen LogP contribution in [0.3, 0.4) is 0 Å². The van der Waals surface area contributed by atoms with E-state index in [0.29, 0.717) is 24.6 Å². The van der Waals surface area contributed by atoms with E-state index < -0.39 is 6.09 Å². The van der Waals surface area contributed by atoms with E-state index >= 15 is 0 Å². The van der Waals surface area contributed by atoms with Crippen LogP contribution in [0.4, 0.5) is 10.6 Å². The molecule has 28 heavy (non-hydrogen) atoms. The van der Waals surface area contributed by atoms with E-state index in [1.807, 2.05) is 6.92 Å². The zero-order valence-corrected chi connectivity index (χ0v) is 15.8. The van der Waals surface area contributed by atoms with Crippen molar-refractivity contribution in [2.45, 2.75) is 57.3 Å². The Labute approximate surface area is 161 Å². The van der Waals surface area contributed by atoms with Gasteiger partial charge in [0.2, 0.25) is 5.91 Å². The SMILES string of the molecule is Cc1cc(CC(=O)Nc2cc([C@@H]3C[C@@H](NC(=O)OC4(C)CC4)CO3)[nH]n2)on1. The minimum Gasteiger partial charge on any atom is -0.443 e. The first-order chi connectivity index (χ1) is 13.4. The highest BCUT2D eigenvalue weighted by molar-refractivity contribution is 5.91. The van der Waals surface area contributed by atoms with E-state index in [1.165, 1.54) is 0 Å². The number of ether oxygens (including phenoxy) is 2. The van der Waals surface area contributed by atoms with Crippen molar-refractivity contribution in [3.63, 3.8) is 0 Å². The number of carbonyl (C=O) groups is 2. The summed E-state index contributed by atoms with van der Waals surface area (Å²) in [4.78, 5) is 24.0. The summed E-state index contributed by atoms with van der Waals surface area (Å²) >= 11 is 0. The number of carbonyl (C=O) groups excluding carboxylic acids is 2. The Balaban J connectivity index is 1.26. The smallest absolute Gasteiger partial charge is 0.407 e. The predicted octanol–water partition coefficient (Wildman–Crippen LogP) is 2.00. The molecule has 1 saturated carbocycles. The van der Waals surface area contributed by atoms with Crippen LogP contribution in [0.5, 0.6) is 0 Å². The zero-order chi connectivity index (χ0) is 19.7. The van der Waals surface area contributed by atoms with Crippen LogP contribution in [0.1, 0.15) is 49.4 Å². The first-order valence-electron chi connectivity index (χ1n) is 9.27. The standard InChI is InChI=1S/C18H23N5O5/c1-10-5-12(28-23-10)7-16(24)20-15-8-13(21-22-15)14-6-11(9-26-14)19-17(25)27-18(2)3-4-18/h5,8,11,14H,3-4,6-7,9H2,1-2H3,(H,19,25)(H2,20,21,22,24)/t11-,14+/m1/s1. The summed E-state index contributed by atoms with van der Waals surface area (Å²) in [5, 5.41) is 16.3. The van der Waals surface area contributed by atoms with Crippen molar-refractivity contribution >= 4 is 17.8 Å². The van der Waals surface area contributed by atoms with Crippen LogP contribution in [0.15, 0.2) is 16.7 Å². The normalized spacial score (nSPS) is 22.6. The third-order valence-electron chi connectivity index (χ3n) is 4.84. The fourth-order valence-electron chi connectivity index (χ4n) is 3.05. The molecule has 150 valence electrons. The topological polar surface area (TPSA) is 131 Å². The molecule has 2 fully saturated rings. The molecular formula is C18H23N5O5. The van der Waals surface area contributed by atoms with Crippen molar-refractivity contribution in [2.75, 3.05) is 11.9 Å². The van der Waals surface area contributed by atoms with Gasteiger partial charge in [-0.1, -0.05) is 5.16 Å². The number of hydrogen-bond acceptors (Lipinski definition) is 7. The molecule has 0 aromatic carbocycles. The second kappa shape index (κ2) is 7.27. The molecule has 4 rings (SSSR count). The van der Waals surface area contributed by atoms with Gasteiger partial charge in [-0.15, -0.1) is 0 Å². The Morgan fingerprint density at radius 3 is 2.93 bits per heavy atom. The molecule has 0 bridgehead atoms. The second-order valence-corrected chi connectivity index (χ2v) is 7.61. The monoisotopic (exact) mass is 389 g/mol. The fourth-order valence-corrected chi connectivity index (χ4v) is 3.05. The maximum Gasteiger partial charge on any atom is 0.407 e. The summed E-state index contributed by atoms with van der Waals surface area (Å²) in [5.74, 6) is 0.639. The Bertz CT molecular complexity index is 871. The number of alkyl carbamates (subject to hydrolysis) is 1. The van der Waals surface area contributed by atoms with Gasteiger partial charge in [0.15, 0.2) is 5.82 Å². The molecule has 2 aromatic rings. The summed E-state index contributed by atoms with van der Waals surface area (Å²) in [6.07, 6.45) is 1.84. The lowest BCUT2D eigenvalue weighted by atomic mass is 10.1. The van der Waals surface area contributed by atoms with Crippen molar-refractivity contribution in [3.05, 3.63) is 29.3 Å². The molecule has 1 aliphatic carbocycles. The highest BCUT2D eigenvalue weighted by atomic mass is 16.6. The number of nitrogens with zero attached hydrogens (tertiary/aromatic N) is 2. The van der Waals surface area contributed by atoms with Crippen molar-refractivity contribution in [1.29, 1.82) is 0 Å². The van der Waals surface area contributed by atoms with Crippen LogP contribution in [0.2, 0.25) is 0 Å². The molecule has 2 amide bonds. The Morgan fingerprint density at radius 2 is 2.21 bits per heavy atom. The lowest BCUT2D eigenvalue weighted by Gasteiger charge is -2.15. The van der Waals surface area contributed by atoms with Gasteiger partial charge in [0, 0.05) is 18.6 Å². The molecule has 2 atom stereocenters. The molecule has 3 N–H and O–H groups in total. The molecule has 0 spiro atoms. The number of hydrogen-bond donors (Lipinski definition) is 3. The largest absolute Gasteiger partial charge is 0.443 e. The minimum atomic E-state index is -0.408. The van der Waals surface area contributed by atoms with Gasteiger partial charge in [-0.25, -0.2) is 4.79 Å². The summed E-state index contributed by atoms with van der Waals surface area (Å²) in [6.45, 7) is 4.10. The maximum absolute atomic E-state index is 12.1. The van der Waals surface area contributed by atoms with Gasteiger partial charge in [0.25, 0.3) is 0 Å². The highest BCUT2D eigenvalue weighted by Gasteiger charge is 2.42. The summed E-state index contributed by atoms with van der Waals surface area (Å²) in [6, 6.07) is 3.31. The van der Waals surface area contributed by atoms with Crippen molar-refractivity contribution < 1.29 is 23.6 Å². The van der Waals surface area contributed by atoms with Crippen molar-refractivity contribution in [2.24, 2.45) is 0 Å². The number of H-pyrrole nitrogens is 1. The summed E-state index contributed by atoms with van der Waals surface area (Å²) in [5.41, 5.74) is 1.16. The molecule has 0 radical (unpaired) electrons. The fraction of sp³-hybridized carbons (Fsp3) is 0.556. The average Bonchev–Trinajstić information content (AvgIpc) is 3.05. The van der Waals surface area contributed by atoms with Gasteiger partial charge in [0.05, 0.1) is 30.5 Å². The van der Waals surface area contributed by atoms with Gasteiger partial charge in [-0.2, -0.15) is 5.10 Å². The Morgan fingerprint density at radius 1 is 1.39 bits per heavy atom. The van der Waals surface area contributed by atoms with E-state index in [2.05, 4.69) is 26.0 Å². The minimum absolute atomic E-state index is 0.0794. The number of nitrogens with one attached hydrogen (secondary N) is 3. The lowest BCUT2D eigenvalue weighted by molar-refractivity contribution is -0.115. The van der Waals surface area contributed by atoms with Crippen LogP contribution in [0.25, 0.3) is 0 Å². The Kier molecular flexibility index (Phi) is 4.80. The second-order valence-electron chi connectivity index (χ2n) is 7.61. The number of aryl methyl sites for hydroxylation is 1. The number of rotatable bonds is 6. The Hall–Kier alpha value is -2.88. The van der Waals surface area contributed by atoms with Crippen LogP contribution < -0.4 is 10.6 Å². The van der Waals surface area contributed by atoms with Crippen LogP contribution >= 0.6 is 0 Å². The predicted molar refractivity (Wildman–Crippen MR) is 96.5 cm³/mol. The molecule has 10 nitrogen and oxygen atoms in total. The van der Waals surface area contributed by atoms with E-state index in [-0.39, 0.29) is 30.1 Å². The molecule has 2 aliphatic rings. The number of aromatic amines is 1. The number of anilines is 1. The van der Waals surface area contributed by atoms with E-state index in [0.717, 1.165) is 24.2 Å². The van der Waals surface area contributed by atoms with Crippen molar-refractivity contribution in [3.8, 4) is 0 Å². The molecule has 0 unspecified atom stereocenters.